The summed E-state index contributed by atoms with van der Waals surface area (Å²) in [5.41, 5.74) is -0.143. The maximum Gasteiger partial charge on any atom is 0.290 e. The average Bonchev–Trinajstić information content (AvgIpc) is 2.43. The molecule has 20 heavy (non-hydrogen) atoms. The highest BCUT2D eigenvalue weighted by Crippen LogP contribution is 2.38. The molecule has 112 valence electrons. The van der Waals surface area contributed by atoms with Gasteiger partial charge in [-0.2, -0.15) is 0 Å². The van der Waals surface area contributed by atoms with E-state index >= 15 is 0 Å². The Hall–Kier alpha value is -0.820. The van der Waals surface area contributed by atoms with Gasteiger partial charge in [-0.1, -0.05) is 17.7 Å². The van der Waals surface area contributed by atoms with Crippen molar-refractivity contribution in [1.29, 1.82) is 0 Å². The number of halogens is 4. The van der Waals surface area contributed by atoms with Crippen molar-refractivity contribution in [3.63, 3.8) is 0 Å². The molecule has 1 aromatic carbocycles. The molecule has 2 rings (SSSR count). The van der Waals surface area contributed by atoms with Gasteiger partial charge >= 0.3 is 0 Å². The molecule has 1 fully saturated rings. The fourth-order valence-corrected chi connectivity index (χ4v) is 2.60. The van der Waals surface area contributed by atoms with E-state index in [2.05, 4.69) is 5.32 Å². The Bertz CT molecular complexity index is 467. The van der Waals surface area contributed by atoms with Gasteiger partial charge in [-0.3, -0.25) is 4.90 Å². The molecule has 0 bridgehead atoms. The molecule has 1 aliphatic rings. The summed E-state index contributed by atoms with van der Waals surface area (Å²) in [4.78, 5) is 1.49. The molecule has 0 aliphatic carbocycles. The zero-order chi connectivity index (χ0) is 14.8. The molecule has 1 heterocycles. The second kappa shape index (κ2) is 6.30. The fraction of sp³-hybridized carbons (Fsp3) is 0.538. The molecular formula is C13H16ClF3N2O. The Morgan fingerprint density at radius 2 is 2.00 bits per heavy atom. The van der Waals surface area contributed by atoms with Gasteiger partial charge in [0.05, 0.1) is 0 Å². The molecule has 2 N–H and O–H groups in total. The van der Waals surface area contributed by atoms with E-state index < -0.39 is 24.4 Å². The summed E-state index contributed by atoms with van der Waals surface area (Å²) >= 11 is 5.66. The maximum atomic E-state index is 14.1. The number of alkyl halides is 2. The molecule has 1 atom stereocenters. The van der Waals surface area contributed by atoms with E-state index in [1.807, 2.05) is 0 Å². The molecule has 1 aromatic rings. The predicted molar refractivity (Wildman–Crippen MR) is 70.6 cm³/mol. The number of rotatable bonds is 4. The second-order valence-corrected chi connectivity index (χ2v) is 5.21. The molecule has 3 nitrogen and oxygen atoms in total. The molecule has 0 amide bonds. The number of aliphatic hydroxyl groups is 1. The van der Waals surface area contributed by atoms with Crippen LogP contribution in [0.1, 0.15) is 11.6 Å². The largest absolute Gasteiger partial charge is 0.390 e. The highest BCUT2D eigenvalue weighted by Gasteiger charge is 2.45. The lowest BCUT2D eigenvalue weighted by Crippen LogP contribution is -2.51. The van der Waals surface area contributed by atoms with E-state index in [4.69, 9.17) is 16.7 Å². The van der Waals surface area contributed by atoms with Crippen molar-refractivity contribution in [2.75, 3.05) is 32.8 Å². The van der Waals surface area contributed by atoms with Crippen LogP contribution in [0.25, 0.3) is 0 Å². The first-order valence-electron chi connectivity index (χ1n) is 6.34. The van der Waals surface area contributed by atoms with Gasteiger partial charge in [-0.05, 0) is 12.1 Å². The number of hydrogen-bond acceptors (Lipinski definition) is 3. The fourth-order valence-electron chi connectivity index (χ4n) is 2.44. The van der Waals surface area contributed by atoms with Crippen LogP contribution in [-0.2, 0) is 0 Å². The molecule has 0 spiro atoms. The van der Waals surface area contributed by atoms with Crippen LogP contribution in [0.2, 0.25) is 5.02 Å². The van der Waals surface area contributed by atoms with E-state index in [0.29, 0.717) is 26.2 Å². The molecule has 1 saturated heterocycles. The van der Waals surface area contributed by atoms with Crippen LogP contribution in [-0.4, -0.2) is 48.7 Å². The highest BCUT2D eigenvalue weighted by molar-refractivity contribution is 6.30. The van der Waals surface area contributed by atoms with Gasteiger partial charge in [-0.25, -0.2) is 13.2 Å². The van der Waals surface area contributed by atoms with E-state index in [-0.39, 0.29) is 10.6 Å². The topological polar surface area (TPSA) is 35.5 Å². The zero-order valence-corrected chi connectivity index (χ0v) is 11.5. The van der Waals surface area contributed by atoms with Gasteiger partial charge < -0.3 is 10.4 Å². The first-order chi connectivity index (χ1) is 9.45. The Balaban J connectivity index is 2.39. The second-order valence-electron chi connectivity index (χ2n) is 4.77. The Morgan fingerprint density at radius 1 is 1.35 bits per heavy atom. The number of hydrogen-bond donors (Lipinski definition) is 2. The molecule has 1 aliphatic heterocycles. The molecule has 0 radical (unpaired) electrons. The number of piperazine rings is 1. The number of aliphatic hydroxyl groups excluding tert-OH is 1. The highest BCUT2D eigenvalue weighted by atomic mass is 35.5. The third-order valence-electron chi connectivity index (χ3n) is 3.38. The van der Waals surface area contributed by atoms with Crippen LogP contribution in [0.3, 0.4) is 0 Å². The van der Waals surface area contributed by atoms with Gasteiger partial charge in [0.25, 0.3) is 5.92 Å². The van der Waals surface area contributed by atoms with E-state index in [1.165, 1.54) is 17.0 Å². The monoisotopic (exact) mass is 308 g/mol. The van der Waals surface area contributed by atoms with Gasteiger partial charge in [0.2, 0.25) is 0 Å². The Labute approximate surface area is 120 Å². The van der Waals surface area contributed by atoms with Crippen molar-refractivity contribution in [2.45, 2.75) is 12.0 Å². The normalized spacial score (nSPS) is 19.1. The predicted octanol–water partition coefficient (Wildman–Crippen LogP) is 2.05. The van der Waals surface area contributed by atoms with Crippen molar-refractivity contribution >= 4 is 11.6 Å². The lowest BCUT2D eigenvalue weighted by atomic mass is 9.97. The first-order valence-corrected chi connectivity index (χ1v) is 6.72. The summed E-state index contributed by atoms with van der Waals surface area (Å²) in [7, 11) is 0. The van der Waals surface area contributed by atoms with Crippen LogP contribution in [0.5, 0.6) is 0 Å². The first kappa shape index (κ1) is 15.6. The Morgan fingerprint density at radius 3 is 2.55 bits per heavy atom. The summed E-state index contributed by atoms with van der Waals surface area (Å²) in [6.45, 7) is 0.495. The quantitative estimate of drug-likeness (QED) is 0.894. The summed E-state index contributed by atoms with van der Waals surface area (Å²) in [6.07, 6.45) is 0. The third kappa shape index (κ3) is 3.25. The van der Waals surface area contributed by atoms with Crippen LogP contribution in [0, 0.1) is 5.82 Å². The maximum absolute atomic E-state index is 14.1. The number of nitrogens with one attached hydrogen (secondary N) is 1. The van der Waals surface area contributed by atoms with Crippen LogP contribution in [0.4, 0.5) is 13.2 Å². The minimum atomic E-state index is -3.42. The number of nitrogens with zero attached hydrogens (tertiary/aromatic N) is 1. The average molecular weight is 309 g/mol. The minimum absolute atomic E-state index is 0.143. The van der Waals surface area contributed by atoms with Crippen molar-refractivity contribution in [2.24, 2.45) is 0 Å². The summed E-state index contributed by atoms with van der Waals surface area (Å²) in [5, 5.41) is 12.2. The van der Waals surface area contributed by atoms with Gasteiger partial charge in [0.15, 0.2) is 0 Å². The molecule has 7 heteroatoms. The van der Waals surface area contributed by atoms with E-state index in [9.17, 15) is 13.2 Å². The molecule has 0 saturated carbocycles. The summed E-state index contributed by atoms with van der Waals surface area (Å²) < 4.78 is 42.1. The lowest BCUT2D eigenvalue weighted by Gasteiger charge is -2.38. The van der Waals surface area contributed by atoms with Crippen LogP contribution in [0.15, 0.2) is 18.2 Å². The van der Waals surface area contributed by atoms with Crippen molar-refractivity contribution in [1.82, 2.24) is 10.2 Å². The minimum Gasteiger partial charge on any atom is -0.390 e. The molecule has 0 aromatic heterocycles. The van der Waals surface area contributed by atoms with Crippen molar-refractivity contribution in [3.8, 4) is 0 Å². The van der Waals surface area contributed by atoms with Crippen molar-refractivity contribution in [3.05, 3.63) is 34.6 Å². The van der Waals surface area contributed by atoms with E-state index in [0.717, 1.165) is 6.07 Å². The van der Waals surface area contributed by atoms with Gasteiger partial charge in [0, 0.05) is 36.8 Å². The summed E-state index contributed by atoms with van der Waals surface area (Å²) in [6, 6.07) is 2.16. The summed E-state index contributed by atoms with van der Waals surface area (Å²) in [5.74, 6) is -4.21. The zero-order valence-electron chi connectivity index (χ0n) is 10.8. The van der Waals surface area contributed by atoms with Crippen LogP contribution >= 0.6 is 11.6 Å². The molecular weight excluding hydrogens is 293 g/mol. The van der Waals surface area contributed by atoms with Crippen molar-refractivity contribution < 1.29 is 18.3 Å². The standard InChI is InChI=1S/C13H16ClF3N2O/c14-9-1-2-10(11(15)7-9)12(13(16,17)8-20)19-5-3-18-4-6-19/h1-2,7,12,18,20H,3-6,8H2/t12-/m1/s1. The van der Waals surface area contributed by atoms with E-state index in [1.54, 1.807) is 0 Å². The lowest BCUT2D eigenvalue weighted by molar-refractivity contribution is -0.119. The van der Waals surface area contributed by atoms with Crippen LogP contribution < -0.4 is 5.32 Å². The Kier molecular flexibility index (Phi) is 4.90. The SMILES string of the molecule is OCC(F)(F)[C@@H](c1ccc(Cl)cc1F)N1CCNCC1. The van der Waals surface area contributed by atoms with Gasteiger partial charge in [-0.15, -0.1) is 0 Å². The third-order valence-corrected chi connectivity index (χ3v) is 3.62. The number of benzene rings is 1. The molecule has 0 unspecified atom stereocenters. The van der Waals surface area contributed by atoms with Gasteiger partial charge in [0.1, 0.15) is 18.5 Å². The smallest absolute Gasteiger partial charge is 0.290 e.